The molecule has 2 aliphatic heterocycles. The number of nitrogens with zero attached hydrogens (tertiary/aromatic N) is 4. The Hall–Kier alpha value is -2.78. The zero-order valence-electron chi connectivity index (χ0n) is 16.3. The van der Waals surface area contributed by atoms with Gasteiger partial charge in [0, 0.05) is 44.1 Å². The molecule has 2 fully saturated rings. The highest BCUT2D eigenvalue weighted by Crippen LogP contribution is 2.24. The Morgan fingerprint density at radius 1 is 1.46 bits per heavy atom. The molecule has 9 heteroatoms. The number of aliphatic hydroxyl groups is 1. The number of amides is 1. The van der Waals surface area contributed by atoms with Gasteiger partial charge in [0.1, 0.15) is 11.5 Å². The van der Waals surface area contributed by atoms with Crippen LogP contribution in [0.4, 0.5) is 11.8 Å². The molecule has 9 nitrogen and oxygen atoms in total. The summed E-state index contributed by atoms with van der Waals surface area (Å²) in [4.78, 5) is 27.2. The van der Waals surface area contributed by atoms with Crippen LogP contribution in [-0.4, -0.2) is 65.5 Å². The van der Waals surface area contributed by atoms with Crippen LogP contribution in [0.1, 0.15) is 19.8 Å². The number of hydrogen-bond acceptors (Lipinski definition) is 8. The molecule has 2 aliphatic rings. The molecule has 1 amide bonds. The molecule has 0 saturated carbocycles. The first-order valence-electron chi connectivity index (χ1n) is 9.37. The predicted octanol–water partition coefficient (Wildman–Crippen LogP) is 0.426. The number of rotatable bonds is 7. The van der Waals surface area contributed by atoms with Crippen LogP contribution in [0.3, 0.4) is 0 Å². The summed E-state index contributed by atoms with van der Waals surface area (Å²) in [5, 5.41) is 18.3. The molecule has 28 heavy (non-hydrogen) atoms. The first kappa shape index (κ1) is 20.0. The van der Waals surface area contributed by atoms with Crippen molar-refractivity contribution in [2.75, 3.05) is 37.0 Å². The molecule has 0 aliphatic carbocycles. The molecule has 2 saturated heterocycles. The molecule has 0 unspecified atom stereocenters. The maximum absolute atomic E-state index is 12.0. The second kappa shape index (κ2) is 8.94. The summed E-state index contributed by atoms with van der Waals surface area (Å²) in [6.07, 6.45) is 5.71. The summed E-state index contributed by atoms with van der Waals surface area (Å²) in [5.41, 5.74) is 0.987. The molecule has 0 aromatic carbocycles. The third kappa shape index (κ3) is 4.93. The van der Waals surface area contributed by atoms with Crippen molar-refractivity contribution in [1.29, 1.82) is 0 Å². The van der Waals surface area contributed by atoms with E-state index in [0.29, 0.717) is 23.7 Å². The van der Waals surface area contributed by atoms with Crippen LogP contribution in [0.5, 0.6) is 0 Å². The zero-order valence-corrected chi connectivity index (χ0v) is 16.3. The topological polar surface area (TPSA) is 115 Å². The predicted molar refractivity (Wildman–Crippen MR) is 109 cm³/mol. The Balaban J connectivity index is 1.73. The molecule has 2 bridgehead atoms. The quantitative estimate of drug-likeness (QED) is 0.503. The van der Waals surface area contributed by atoms with Crippen LogP contribution in [-0.2, 0) is 4.79 Å². The van der Waals surface area contributed by atoms with Crippen LogP contribution in [0.2, 0.25) is 0 Å². The molecular weight excluding hydrogens is 358 g/mol. The van der Waals surface area contributed by atoms with Crippen LogP contribution in [0.15, 0.2) is 41.3 Å². The van der Waals surface area contributed by atoms with Crippen molar-refractivity contribution in [2.45, 2.75) is 31.8 Å². The van der Waals surface area contributed by atoms with Gasteiger partial charge in [0.15, 0.2) is 0 Å². The molecule has 4 N–H and O–H groups in total. The summed E-state index contributed by atoms with van der Waals surface area (Å²) < 4.78 is 0. The Bertz CT molecular complexity index is 793. The highest BCUT2D eigenvalue weighted by Gasteiger charge is 2.32. The van der Waals surface area contributed by atoms with Crippen LogP contribution in [0.25, 0.3) is 0 Å². The highest BCUT2D eigenvalue weighted by atomic mass is 16.3. The Morgan fingerprint density at radius 2 is 2.18 bits per heavy atom. The standard InChI is InChI=1S/C19H27N7O2/c1-12(8-16(18(28)20-3)22-13(2)11-27)23-19-21-7-6-17(25-19)26-9-14-4-5-15(10-26)24-14/h6-8,14-15,24,27H,2,4-5,9-11H2,1,3H3,(H,20,28)(H,21,23,25)/b12-8+,22-16+/t14-,15+. The summed E-state index contributed by atoms with van der Waals surface area (Å²) in [6, 6.07) is 2.97. The summed E-state index contributed by atoms with van der Waals surface area (Å²) in [5.74, 6) is 0.966. The molecular formula is C19H27N7O2. The van der Waals surface area contributed by atoms with Crippen LogP contribution < -0.4 is 20.9 Å². The molecule has 3 rings (SSSR count). The van der Waals surface area contributed by atoms with Gasteiger partial charge in [-0.15, -0.1) is 0 Å². The fourth-order valence-electron chi connectivity index (χ4n) is 3.47. The number of piperazine rings is 1. The Morgan fingerprint density at radius 3 is 2.82 bits per heavy atom. The van der Waals surface area contributed by atoms with Gasteiger partial charge in [-0.05, 0) is 31.9 Å². The first-order chi connectivity index (χ1) is 13.5. The lowest BCUT2D eigenvalue weighted by Crippen LogP contribution is -2.51. The van der Waals surface area contributed by atoms with E-state index in [0.717, 1.165) is 18.9 Å². The molecule has 0 radical (unpaired) electrons. The number of hydrogen-bond donors (Lipinski definition) is 4. The first-order valence-corrected chi connectivity index (χ1v) is 9.37. The van der Waals surface area contributed by atoms with Gasteiger partial charge >= 0.3 is 0 Å². The van der Waals surface area contributed by atoms with Crippen molar-refractivity contribution in [3.05, 3.63) is 36.3 Å². The average Bonchev–Trinajstić information content (AvgIpc) is 3.04. The van der Waals surface area contributed by atoms with Gasteiger partial charge in [-0.25, -0.2) is 9.98 Å². The molecule has 1 aromatic rings. The second-order valence-corrected chi connectivity index (χ2v) is 7.03. The minimum absolute atomic E-state index is 0.140. The third-order valence-electron chi connectivity index (χ3n) is 4.76. The second-order valence-electron chi connectivity index (χ2n) is 7.03. The van der Waals surface area contributed by atoms with Gasteiger partial charge in [0.25, 0.3) is 5.91 Å². The SMILES string of the molecule is C=C(CO)/N=C(\C=C(/C)Nc1nccc(N2C[C@H]3CC[C@@H](C2)N3)n1)C(=O)NC. The number of aliphatic hydroxyl groups excluding tert-OH is 1. The van der Waals surface area contributed by atoms with Crippen LogP contribution >= 0.6 is 0 Å². The van der Waals surface area contributed by atoms with E-state index in [2.05, 4.69) is 42.4 Å². The number of anilines is 2. The van der Waals surface area contributed by atoms with Crippen molar-refractivity contribution in [2.24, 2.45) is 4.99 Å². The molecule has 2 atom stereocenters. The van der Waals surface area contributed by atoms with Gasteiger partial charge in [-0.3, -0.25) is 4.79 Å². The minimum Gasteiger partial charge on any atom is -0.390 e. The van der Waals surface area contributed by atoms with Crippen molar-refractivity contribution in [1.82, 2.24) is 20.6 Å². The number of carbonyl (C=O) groups is 1. The smallest absolute Gasteiger partial charge is 0.269 e. The number of allylic oxidation sites excluding steroid dienone is 1. The number of carbonyl (C=O) groups excluding carboxylic acids is 1. The van der Waals surface area contributed by atoms with Gasteiger partial charge in [-0.1, -0.05) is 6.58 Å². The summed E-state index contributed by atoms with van der Waals surface area (Å²) in [7, 11) is 1.52. The monoisotopic (exact) mass is 385 g/mol. The fourth-order valence-corrected chi connectivity index (χ4v) is 3.47. The summed E-state index contributed by atoms with van der Waals surface area (Å²) >= 11 is 0. The van der Waals surface area contributed by atoms with E-state index in [4.69, 9.17) is 5.11 Å². The molecule has 1 aromatic heterocycles. The van der Waals surface area contributed by atoms with E-state index in [1.165, 1.54) is 19.9 Å². The maximum Gasteiger partial charge on any atom is 0.269 e. The van der Waals surface area contributed by atoms with Crippen molar-refractivity contribution < 1.29 is 9.90 Å². The number of fused-ring (bicyclic) bond motifs is 2. The number of aromatic nitrogens is 2. The Labute approximate surface area is 164 Å². The van der Waals surface area contributed by atoms with Crippen LogP contribution in [0, 0.1) is 0 Å². The lowest BCUT2D eigenvalue weighted by atomic mass is 10.2. The number of aliphatic imine (C=N–C) groups is 1. The van der Waals surface area contributed by atoms with Crippen molar-refractivity contribution in [3.8, 4) is 0 Å². The van der Waals surface area contributed by atoms with E-state index in [9.17, 15) is 4.79 Å². The molecule has 0 spiro atoms. The van der Waals surface area contributed by atoms with Gasteiger partial charge in [-0.2, -0.15) is 4.98 Å². The van der Waals surface area contributed by atoms with Gasteiger partial charge in [0.05, 0.1) is 12.3 Å². The van der Waals surface area contributed by atoms with E-state index >= 15 is 0 Å². The maximum atomic E-state index is 12.0. The normalized spacial score (nSPS) is 22.2. The van der Waals surface area contributed by atoms with E-state index < -0.39 is 0 Å². The zero-order chi connectivity index (χ0) is 20.1. The third-order valence-corrected chi connectivity index (χ3v) is 4.76. The van der Waals surface area contributed by atoms with E-state index in [-0.39, 0.29) is 23.9 Å². The van der Waals surface area contributed by atoms with E-state index in [1.807, 2.05) is 6.07 Å². The molecule has 3 heterocycles. The Kier molecular flexibility index (Phi) is 6.37. The lowest BCUT2D eigenvalue weighted by molar-refractivity contribution is -0.114. The highest BCUT2D eigenvalue weighted by molar-refractivity contribution is 6.43. The number of nitrogens with one attached hydrogen (secondary N) is 3. The largest absolute Gasteiger partial charge is 0.390 e. The lowest BCUT2D eigenvalue weighted by Gasteiger charge is -2.33. The van der Waals surface area contributed by atoms with Gasteiger partial charge in [0.2, 0.25) is 5.95 Å². The minimum atomic E-state index is -0.373. The van der Waals surface area contributed by atoms with Crippen molar-refractivity contribution in [3.63, 3.8) is 0 Å². The van der Waals surface area contributed by atoms with Crippen molar-refractivity contribution >= 4 is 23.4 Å². The molecule has 150 valence electrons. The van der Waals surface area contributed by atoms with E-state index in [1.54, 1.807) is 19.2 Å². The fraction of sp³-hybridized carbons (Fsp3) is 0.474. The summed E-state index contributed by atoms with van der Waals surface area (Å²) in [6.45, 7) is 6.96. The van der Waals surface area contributed by atoms with Gasteiger partial charge < -0.3 is 26.0 Å². The average molecular weight is 385 g/mol.